The zero-order valence-electron chi connectivity index (χ0n) is 13.7. The summed E-state index contributed by atoms with van der Waals surface area (Å²) in [6.07, 6.45) is 2.11. The Bertz CT molecular complexity index is 589. The van der Waals surface area contributed by atoms with Crippen molar-refractivity contribution in [3.63, 3.8) is 0 Å². The molecule has 6 nitrogen and oxygen atoms in total. The van der Waals surface area contributed by atoms with E-state index < -0.39 is 0 Å². The number of carbonyl (C=O) groups is 2. The normalized spacial score (nSPS) is 24.2. The Kier molecular flexibility index (Phi) is 4.96. The number of ether oxygens (including phenoxy) is 1. The lowest BCUT2D eigenvalue weighted by Crippen LogP contribution is -2.53. The van der Waals surface area contributed by atoms with Crippen LogP contribution in [0.5, 0.6) is 0 Å². The van der Waals surface area contributed by atoms with Crippen molar-refractivity contribution in [1.82, 2.24) is 14.8 Å². The number of hydrogen-bond acceptors (Lipinski definition) is 5. The molecule has 0 aromatic carbocycles. The first-order valence-corrected chi connectivity index (χ1v) is 9.05. The van der Waals surface area contributed by atoms with Gasteiger partial charge in [-0.25, -0.2) is 4.98 Å². The number of thiazole rings is 1. The predicted molar refractivity (Wildman–Crippen MR) is 87.0 cm³/mol. The molecule has 3 heterocycles. The Morgan fingerprint density at radius 2 is 2.26 bits per heavy atom. The SMILES string of the molecule is CCOCC(=O)N1CC[C@H]2[C@@H]1CCC(=O)N2Cc1csc(C)n1. The molecule has 2 saturated heterocycles. The summed E-state index contributed by atoms with van der Waals surface area (Å²) >= 11 is 1.60. The van der Waals surface area contributed by atoms with Gasteiger partial charge in [0.25, 0.3) is 0 Å². The highest BCUT2D eigenvalue weighted by Crippen LogP contribution is 2.32. The second-order valence-electron chi connectivity index (χ2n) is 6.07. The largest absolute Gasteiger partial charge is 0.372 e. The van der Waals surface area contributed by atoms with Crippen LogP contribution in [0.3, 0.4) is 0 Å². The summed E-state index contributed by atoms with van der Waals surface area (Å²) in [7, 11) is 0. The van der Waals surface area contributed by atoms with E-state index in [1.807, 2.05) is 29.0 Å². The van der Waals surface area contributed by atoms with Gasteiger partial charge in [0.2, 0.25) is 11.8 Å². The number of hydrogen-bond donors (Lipinski definition) is 0. The Hall–Kier alpha value is -1.47. The molecule has 2 aliphatic heterocycles. The average Bonchev–Trinajstić information content (AvgIpc) is 3.14. The van der Waals surface area contributed by atoms with Gasteiger partial charge in [0, 0.05) is 25.0 Å². The summed E-state index contributed by atoms with van der Waals surface area (Å²) in [6.45, 7) is 5.80. The maximum atomic E-state index is 12.4. The number of likely N-dealkylation sites (tertiary alicyclic amines) is 2. The Labute approximate surface area is 140 Å². The van der Waals surface area contributed by atoms with Gasteiger partial charge in [-0.1, -0.05) is 0 Å². The fraction of sp³-hybridized carbons (Fsp3) is 0.688. The molecule has 0 saturated carbocycles. The summed E-state index contributed by atoms with van der Waals surface area (Å²) in [5, 5.41) is 3.03. The van der Waals surface area contributed by atoms with E-state index in [9.17, 15) is 9.59 Å². The maximum Gasteiger partial charge on any atom is 0.248 e. The molecule has 1 aromatic heterocycles. The van der Waals surface area contributed by atoms with Gasteiger partial charge in [-0.05, 0) is 26.7 Å². The molecule has 23 heavy (non-hydrogen) atoms. The number of nitrogens with zero attached hydrogens (tertiary/aromatic N) is 3. The minimum Gasteiger partial charge on any atom is -0.372 e. The van der Waals surface area contributed by atoms with Crippen LogP contribution in [0.15, 0.2) is 5.38 Å². The number of aryl methyl sites for hydroxylation is 1. The van der Waals surface area contributed by atoms with E-state index in [-0.39, 0.29) is 30.5 Å². The highest BCUT2D eigenvalue weighted by atomic mass is 32.1. The number of rotatable bonds is 5. The van der Waals surface area contributed by atoms with Crippen LogP contribution in [-0.4, -0.2) is 58.4 Å². The quantitative estimate of drug-likeness (QED) is 0.818. The van der Waals surface area contributed by atoms with Crippen LogP contribution in [0.25, 0.3) is 0 Å². The molecule has 2 atom stereocenters. The van der Waals surface area contributed by atoms with E-state index in [4.69, 9.17) is 4.74 Å². The summed E-state index contributed by atoms with van der Waals surface area (Å²) in [6, 6.07) is 0.240. The number of amides is 2. The van der Waals surface area contributed by atoms with Crippen LogP contribution in [0.1, 0.15) is 36.9 Å². The molecule has 0 unspecified atom stereocenters. The molecular formula is C16H23N3O3S. The monoisotopic (exact) mass is 337 g/mol. The lowest BCUT2D eigenvalue weighted by molar-refractivity contribution is -0.144. The van der Waals surface area contributed by atoms with Crippen LogP contribution >= 0.6 is 11.3 Å². The van der Waals surface area contributed by atoms with E-state index in [2.05, 4.69) is 4.98 Å². The Morgan fingerprint density at radius 3 is 2.96 bits per heavy atom. The van der Waals surface area contributed by atoms with Gasteiger partial charge < -0.3 is 14.5 Å². The van der Waals surface area contributed by atoms with Crippen molar-refractivity contribution in [2.75, 3.05) is 19.8 Å². The average molecular weight is 337 g/mol. The van der Waals surface area contributed by atoms with E-state index in [0.717, 1.165) is 23.5 Å². The zero-order chi connectivity index (χ0) is 16.4. The third kappa shape index (κ3) is 3.40. The smallest absolute Gasteiger partial charge is 0.248 e. The van der Waals surface area contributed by atoms with Crippen molar-refractivity contribution in [3.8, 4) is 0 Å². The fourth-order valence-electron chi connectivity index (χ4n) is 3.59. The number of aromatic nitrogens is 1. The molecule has 0 N–H and O–H groups in total. The van der Waals surface area contributed by atoms with Gasteiger partial charge in [0.1, 0.15) is 6.61 Å². The second kappa shape index (κ2) is 6.97. The molecule has 3 rings (SSSR count). The van der Waals surface area contributed by atoms with Crippen molar-refractivity contribution in [2.24, 2.45) is 0 Å². The molecule has 7 heteroatoms. The highest BCUT2D eigenvalue weighted by Gasteiger charge is 2.44. The minimum atomic E-state index is 0.0400. The molecule has 0 bridgehead atoms. The van der Waals surface area contributed by atoms with E-state index in [0.29, 0.717) is 26.1 Å². The summed E-state index contributed by atoms with van der Waals surface area (Å²) in [5.74, 6) is 0.217. The predicted octanol–water partition coefficient (Wildman–Crippen LogP) is 1.58. The molecule has 0 radical (unpaired) electrons. The molecule has 126 valence electrons. The third-order valence-corrected chi connectivity index (χ3v) is 5.46. The van der Waals surface area contributed by atoms with Gasteiger partial charge in [-0.2, -0.15) is 0 Å². The first-order valence-electron chi connectivity index (χ1n) is 8.17. The van der Waals surface area contributed by atoms with Crippen molar-refractivity contribution in [2.45, 2.75) is 51.7 Å². The summed E-state index contributed by atoms with van der Waals surface area (Å²) in [5.41, 5.74) is 0.945. The fourth-order valence-corrected chi connectivity index (χ4v) is 4.20. The van der Waals surface area contributed by atoms with Crippen molar-refractivity contribution in [1.29, 1.82) is 0 Å². The highest BCUT2D eigenvalue weighted by molar-refractivity contribution is 7.09. The molecule has 2 amide bonds. The Balaban J connectivity index is 1.70. The van der Waals surface area contributed by atoms with Gasteiger partial charge >= 0.3 is 0 Å². The molecule has 1 aromatic rings. The summed E-state index contributed by atoms with van der Waals surface area (Å²) in [4.78, 5) is 33.0. The van der Waals surface area contributed by atoms with Crippen LogP contribution in [0, 0.1) is 6.92 Å². The second-order valence-corrected chi connectivity index (χ2v) is 7.13. The first kappa shape index (κ1) is 16.4. The molecule has 2 fully saturated rings. The van der Waals surface area contributed by atoms with Gasteiger partial charge in [0.05, 0.1) is 29.3 Å². The van der Waals surface area contributed by atoms with Gasteiger partial charge in [0.15, 0.2) is 0 Å². The van der Waals surface area contributed by atoms with Crippen LogP contribution < -0.4 is 0 Å². The molecule has 0 aliphatic carbocycles. The maximum absolute atomic E-state index is 12.4. The van der Waals surface area contributed by atoms with E-state index in [1.165, 1.54) is 0 Å². The van der Waals surface area contributed by atoms with Crippen LogP contribution in [0.2, 0.25) is 0 Å². The number of piperidine rings is 1. The topological polar surface area (TPSA) is 62.7 Å². The number of fused-ring (bicyclic) bond motifs is 1. The van der Waals surface area contributed by atoms with Crippen molar-refractivity contribution < 1.29 is 14.3 Å². The van der Waals surface area contributed by atoms with Gasteiger partial charge in [-0.3, -0.25) is 9.59 Å². The standard InChI is InChI=1S/C16H23N3O3S/c1-3-22-9-16(21)18-7-6-14-13(18)4-5-15(20)19(14)8-12-10-23-11(2)17-12/h10,13-14H,3-9H2,1-2H3/t13-,14-/m0/s1. The molecule has 0 spiro atoms. The van der Waals surface area contributed by atoms with Crippen LogP contribution in [0.4, 0.5) is 0 Å². The van der Waals surface area contributed by atoms with Crippen molar-refractivity contribution in [3.05, 3.63) is 16.1 Å². The minimum absolute atomic E-state index is 0.0400. The molecular weight excluding hydrogens is 314 g/mol. The Morgan fingerprint density at radius 1 is 1.43 bits per heavy atom. The van der Waals surface area contributed by atoms with Crippen molar-refractivity contribution >= 4 is 23.2 Å². The van der Waals surface area contributed by atoms with E-state index >= 15 is 0 Å². The lowest BCUT2D eigenvalue weighted by Gasteiger charge is -2.39. The zero-order valence-corrected chi connectivity index (χ0v) is 14.5. The lowest BCUT2D eigenvalue weighted by atomic mass is 9.96. The molecule has 2 aliphatic rings. The van der Waals surface area contributed by atoms with Gasteiger partial charge in [-0.15, -0.1) is 11.3 Å². The first-order chi connectivity index (χ1) is 11.1. The van der Waals surface area contributed by atoms with Crippen LogP contribution in [-0.2, 0) is 20.9 Å². The third-order valence-electron chi connectivity index (χ3n) is 4.63. The number of carbonyl (C=O) groups excluding carboxylic acids is 2. The summed E-state index contributed by atoms with van der Waals surface area (Å²) < 4.78 is 5.25. The van der Waals surface area contributed by atoms with E-state index in [1.54, 1.807) is 11.3 Å².